The topological polar surface area (TPSA) is 80.0 Å². The van der Waals surface area contributed by atoms with E-state index < -0.39 is 0 Å². The molecule has 25 heavy (non-hydrogen) atoms. The minimum Gasteiger partial charge on any atom is -0.344 e. The molecule has 0 saturated carbocycles. The van der Waals surface area contributed by atoms with Crippen molar-refractivity contribution in [1.29, 1.82) is 0 Å². The Bertz CT molecular complexity index is 677. The summed E-state index contributed by atoms with van der Waals surface area (Å²) >= 11 is 0. The molecule has 2 N–H and O–H groups in total. The molecule has 1 fully saturated rings. The molecule has 3 atom stereocenters. The number of aromatic nitrogens is 2. The third-order valence-electron chi connectivity index (χ3n) is 4.41. The van der Waals surface area contributed by atoms with E-state index in [0.29, 0.717) is 24.2 Å². The van der Waals surface area contributed by atoms with Crippen molar-refractivity contribution < 1.29 is 9.32 Å². The number of nitrogens with one attached hydrogen (secondary N) is 2. The van der Waals surface area contributed by atoms with Crippen molar-refractivity contribution in [3.8, 4) is 0 Å². The molecule has 1 saturated heterocycles. The molecule has 1 aliphatic heterocycles. The van der Waals surface area contributed by atoms with Crippen LogP contribution in [0.4, 0.5) is 0 Å². The van der Waals surface area contributed by atoms with Crippen LogP contribution in [0.2, 0.25) is 0 Å². The Morgan fingerprint density at radius 1 is 1.40 bits per heavy atom. The van der Waals surface area contributed by atoms with Gasteiger partial charge in [0.1, 0.15) is 6.04 Å². The maximum Gasteiger partial charge on any atom is 0.248 e. The number of carbonyl (C=O) groups excluding carboxylic acids is 1. The zero-order valence-corrected chi connectivity index (χ0v) is 15.4. The predicted molar refractivity (Wildman–Crippen MR) is 97.5 cm³/mol. The van der Waals surface area contributed by atoms with Crippen LogP contribution in [0.1, 0.15) is 50.0 Å². The smallest absolute Gasteiger partial charge is 0.248 e. The number of benzene rings is 1. The minimum absolute atomic E-state index is 0. The standard InChI is InChI=1S/C18H24N4O2.ClH/c1-12-10-15(8-9-19-12)17(23)20-13(2)18-21-16(22-24-18)11-14-6-4-3-5-7-14;/h3-7,12-13,15,19H,8-11H2,1-2H3,(H,20,23);1H/t12-,13?,15-;/m0./s1. The summed E-state index contributed by atoms with van der Waals surface area (Å²) in [7, 11) is 0. The monoisotopic (exact) mass is 364 g/mol. The molecule has 0 radical (unpaired) electrons. The van der Waals surface area contributed by atoms with Crippen molar-refractivity contribution >= 4 is 18.3 Å². The van der Waals surface area contributed by atoms with E-state index in [1.54, 1.807) is 0 Å². The highest BCUT2D eigenvalue weighted by atomic mass is 35.5. The fourth-order valence-corrected chi connectivity index (χ4v) is 3.06. The van der Waals surface area contributed by atoms with Crippen molar-refractivity contribution in [3.05, 3.63) is 47.6 Å². The van der Waals surface area contributed by atoms with Gasteiger partial charge in [-0.3, -0.25) is 4.79 Å². The molecule has 3 rings (SSSR count). The Balaban J connectivity index is 0.00000225. The fraction of sp³-hybridized carbons (Fsp3) is 0.500. The second-order valence-electron chi connectivity index (χ2n) is 6.52. The number of hydrogen-bond donors (Lipinski definition) is 2. The van der Waals surface area contributed by atoms with Gasteiger partial charge in [0.05, 0.1) is 0 Å². The Hall–Kier alpha value is -1.92. The molecule has 1 unspecified atom stereocenters. The minimum atomic E-state index is -0.278. The van der Waals surface area contributed by atoms with E-state index >= 15 is 0 Å². The number of hydrogen-bond acceptors (Lipinski definition) is 5. The van der Waals surface area contributed by atoms with Crippen LogP contribution < -0.4 is 10.6 Å². The first-order valence-corrected chi connectivity index (χ1v) is 8.52. The van der Waals surface area contributed by atoms with Crippen LogP contribution in [0.3, 0.4) is 0 Å². The lowest BCUT2D eigenvalue weighted by Crippen LogP contribution is -2.43. The van der Waals surface area contributed by atoms with Crippen LogP contribution >= 0.6 is 12.4 Å². The second-order valence-corrected chi connectivity index (χ2v) is 6.52. The van der Waals surface area contributed by atoms with E-state index in [-0.39, 0.29) is 30.3 Å². The Morgan fingerprint density at radius 2 is 2.16 bits per heavy atom. The van der Waals surface area contributed by atoms with Gasteiger partial charge < -0.3 is 15.2 Å². The number of piperidine rings is 1. The van der Waals surface area contributed by atoms with Crippen LogP contribution in [-0.4, -0.2) is 28.6 Å². The van der Waals surface area contributed by atoms with E-state index in [9.17, 15) is 4.79 Å². The van der Waals surface area contributed by atoms with Gasteiger partial charge in [-0.1, -0.05) is 35.5 Å². The summed E-state index contributed by atoms with van der Waals surface area (Å²) in [5.41, 5.74) is 1.13. The Kier molecular flexibility index (Phi) is 6.96. The first kappa shape index (κ1) is 19.4. The third-order valence-corrected chi connectivity index (χ3v) is 4.41. The van der Waals surface area contributed by atoms with E-state index in [1.807, 2.05) is 37.3 Å². The summed E-state index contributed by atoms with van der Waals surface area (Å²) in [6.07, 6.45) is 2.35. The second kappa shape index (κ2) is 8.97. The summed E-state index contributed by atoms with van der Waals surface area (Å²) in [5, 5.41) is 10.4. The van der Waals surface area contributed by atoms with E-state index in [2.05, 4.69) is 27.7 Å². The SMILES string of the molecule is CC(NC(=O)[C@H]1CCN[C@@H](C)C1)c1nc(Cc2ccccc2)no1.Cl. The normalized spacial score (nSPS) is 21.2. The molecular weight excluding hydrogens is 340 g/mol. The van der Waals surface area contributed by atoms with Gasteiger partial charge in [0.25, 0.3) is 0 Å². The molecule has 2 heterocycles. The van der Waals surface area contributed by atoms with Gasteiger partial charge in [0.2, 0.25) is 11.8 Å². The largest absolute Gasteiger partial charge is 0.344 e. The molecule has 1 aliphatic rings. The van der Waals surface area contributed by atoms with Crippen molar-refractivity contribution in [2.24, 2.45) is 5.92 Å². The van der Waals surface area contributed by atoms with Crippen LogP contribution in [0.5, 0.6) is 0 Å². The molecule has 1 aromatic heterocycles. The summed E-state index contributed by atoms with van der Waals surface area (Å²) in [6.45, 7) is 4.87. The quantitative estimate of drug-likeness (QED) is 0.852. The molecule has 7 heteroatoms. The molecule has 0 aliphatic carbocycles. The molecular formula is C18H25ClN4O2. The number of rotatable bonds is 5. The lowest BCUT2D eigenvalue weighted by molar-refractivity contribution is -0.126. The third kappa shape index (κ3) is 5.28. The summed E-state index contributed by atoms with van der Waals surface area (Å²) in [4.78, 5) is 16.8. The van der Waals surface area contributed by atoms with E-state index in [1.165, 1.54) is 0 Å². The van der Waals surface area contributed by atoms with Crippen LogP contribution in [0.25, 0.3) is 0 Å². The van der Waals surface area contributed by atoms with Crippen molar-refractivity contribution in [2.45, 2.75) is 45.2 Å². The summed E-state index contributed by atoms with van der Waals surface area (Å²) in [6, 6.07) is 10.1. The number of halogens is 1. The van der Waals surface area contributed by atoms with Gasteiger partial charge in [-0.05, 0) is 38.8 Å². The van der Waals surface area contributed by atoms with E-state index in [0.717, 1.165) is 24.9 Å². The molecule has 0 bridgehead atoms. The van der Waals surface area contributed by atoms with Crippen LogP contribution in [0, 0.1) is 5.92 Å². The predicted octanol–water partition coefficient (Wildman–Crippen LogP) is 2.65. The van der Waals surface area contributed by atoms with Crippen LogP contribution in [0.15, 0.2) is 34.9 Å². The maximum atomic E-state index is 12.4. The van der Waals surface area contributed by atoms with Gasteiger partial charge in [-0.2, -0.15) is 4.98 Å². The molecule has 136 valence electrons. The number of amides is 1. The molecule has 6 nitrogen and oxygen atoms in total. The van der Waals surface area contributed by atoms with Gasteiger partial charge in [0.15, 0.2) is 5.82 Å². The Morgan fingerprint density at radius 3 is 2.88 bits per heavy atom. The van der Waals surface area contributed by atoms with Crippen LogP contribution in [-0.2, 0) is 11.2 Å². The highest BCUT2D eigenvalue weighted by Crippen LogP contribution is 2.18. The highest BCUT2D eigenvalue weighted by molar-refractivity contribution is 5.85. The van der Waals surface area contributed by atoms with E-state index in [4.69, 9.17) is 4.52 Å². The number of nitrogens with zero attached hydrogens (tertiary/aromatic N) is 2. The fourth-order valence-electron chi connectivity index (χ4n) is 3.06. The summed E-state index contributed by atoms with van der Waals surface area (Å²) in [5.74, 6) is 1.21. The highest BCUT2D eigenvalue weighted by Gasteiger charge is 2.27. The average Bonchev–Trinajstić information content (AvgIpc) is 3.04. The van der Waals surface area contributed by atoms with Crippen molar-refractivity contribution in [1.82, 2.24) is 20.8 Å². The number of carbonyl (C=O) groups is 1. The maximum absolute atomic E-state index is 12.4. The lowest BCUT2D eigenvalue weighted by atomic mass is 9.92. The lowest BCUT2D eigenvalue weighted by Gasteiger charge is -2.27. The average molecular weight is 365 g/mol. The first-order valence-electron chi connectivity index (χ1n) is 8.52. The van der Waals surface area contributed by atoms with Gasteiger partial charge in [0, 0.05) is 18.4 Å². The summed E-state index contributed by atoms with van der Waals surface area (Å²) < 4.78 is 5.32. The van der Waals surface area contributed by atoms with Gasteiger partial charge in [-0.15, -0.1) is 12.4 Å². The molecule has 1 aromatic carbocycles. The molecule has 2 aromatic rings. The Labute approximate surface area is 154 Å². The molecule has 1 amide bonds. The van der Waals surface area contributed by atoms with Gasteiger partial charge in [-0.25, -0.2) is 0 Å². The zero-order valence-electron chi connectivity index (χ0n) is 14.6. The first-order chi connectivity index (χ1) is 11.6. The zero-order chi connectivity index (χ0) is 16.9. The van der Waals surface area contributed by atoms with Crippen molar-refractivity contribution in [3.63, 3.8) is 0 Å². The van der Waals surface area contributed by atoms with Gasteiger partial charge >= 0.3 is 0 Å². The molecule has 0 spiro atoms. The van der Waals surface area contributed by atoms with Crippen molar-refractivity contribution in [2.75, 3.05) is 6.54 Å².